The molecule has 2 aromatic carbocycles. The standard InChI is InChI=1S/C23H18FN3O/c1-14-11-17(4-6-19(14)24)22-18(13-21-23(27-22)28-10-9-26-21)15-5-7-20-16(12-15)3-2-8-25-20/h2-8,11-13,26H,9-10H2,1H3. The second-order valence-corrected chi connectivity index (χ2v) is 6.89. The van der Waals surface area contributed by atoms with Crippen LogP contribution in [0.1, 0.15) is 5.56 Å². The number of aryl methyl sites for hydroxylation is 1. The zero-order chi connectivity index (χ0) is 19.1. The van der Waals surface area contributed by atoms with Gasteiger partial charge in [-0.05, 0) is 60.5 Å². The van der Waals surface area contributed by atoms with Crippen molar-refractivity contribution in [2.24, 2.45) is 0 Å². The average molecular weight is 371 g/mol. The molecule has 0 aliphatic carbocycles. The predicted octanol–water partition coefficient (Wildman–Crippen LogP) is 5.22. The second-order valence-electron chi connectivity index (χ2n) is 6.89. The highest BCUT2D eigenvalue weighted by Crippen LogP contribution is 2.39. The Morgan fingerprint density at radius 2 is 1.93 bits per heavy atom. The molecular weight excluding hydrogens is 353 g/mol. The first kappa shape index (κ1) is 16.7. The lowest BCUT2D eigenvalue weighted by Gasteiger charge is -2.21. The molecule has 0 spiro atoms. The van der Waals surface area contributed by atoms with E-state index in [1.54, 1.807) is 19.2 Å². The van der Waals surface area contributed by atoms with Crippen molar-refractivity contribution in [2.75, 3.05) is 18.5 Å². The van der Waals surface area contributed by atoms with E-state index in [1.807, 2.05) is 30.3 Å². The molecule has 0 fully saturated rings. The van der Waals surface area contributed by atoms with Gasteiger partial charge in [0.05, 0.1) is 16.9 Å². The quantitative estimate of drug-likeness (QED) is 0.525. The fourth-order valence-electron chi connectivity index (χ4n) is 3.54. The monoisotopic (exact) mass is 371 g/mol. The van der Waals surface area contributed by atoms with E-state index in [-0.39, 0.29) is 5.82 Å². The topological polar surface area (TPSA) is 47.0 Å². The molecule has 5 rings (SSSR count). The minimum Gasteiger partial charge on any atom is -0.474 e. The van der Waals surface area contributed by atoms with Crippen molar-refractivity contribution in [3.63, 3.8) is 0 Å². The van der Waals surface area contributed by atoms with Crippen LogP contribution in [0.3, 0.4) is 0 Å². The second kappa shape index (κ2) is 6.60. The van der Waals surface area contributed by atoms with Gasteiger partial charge in [-0.2, -0.15) is 0 Å². The van der Waals surface area contributed by atoms with E-state index < -0.39 is 0 Å². The van der Waals surface area contributed by atoms with Crippen LogP contribution in [0, 0.1) is 12.7 Å². The molecule has 0 unspecified atom stereocenters. The molecule has 4 aromatic rings. The Morgan fingerprint density at radius 3 is 2.82 bits per heavy atom. The summed E-state index contributed by atoms with van der Waals surface area (Å²) in [4.78, 5) is 9.19. The largest absolute Gasteiger partial charge is 0.474 e. The summed E-state index contributed by atoms with van der Waals surface area (Å²) in [6.45, 7) is 3.07. The maximum atomic E-state index is 13.8. The number of pyridine rings is 2. The first-order valence-electron chi connectivity index (χ1n) is 9.22. The summed E-state index contributed by atoms with van der Waals surface area (Å²) >= 11 is 0. The number of nitrogens with one attached hydrogen (secondary N) is 1. The number of hydrogen-bond acceptors (Lipinski definition) is 4. The molecule has 5 heteroatoms. The van der Waals surface area contributed by atoms with Crippen LogP contribution in [-0.2, 0) is 0 Å². The molecule has 4 nitrogen and oxygen atoms in total. The molecule has 138 valence electrons. The van der Waals surface area contributed by atoms with Gasteiger partial charge in [-0.25, -0.2) is 9.37 Å². The molecular formula is C23H18FN3O. The summed E-state index contributed by atoms with van der Waals surface area (Å²) < 4.78 is 19.6. The van der Waals surface area contributed by atoms with Gasteiger partial charge in [0.15, 0.2) is 0 Å². The summed E-state index contributed by atoms with van der Waals surface area (Å²) in [5, 5.41) is 4.41. The van der Waals surface area contributed by atoms with Crippen LogP contribution in [0.2, 0.25) is 0 Å². The van der Waals surface area contributed by atoms with E-state index in [2.05, 4.69) is 22.4 Å². The SMILES string of the molecule is Cc1cc(-c2nc3c(cc2-c2ccc4ncccc4c2)NCCO3)ccc1F. The number of aromatic nitrogens is 2. The van der Waals surface area contributed by atoms with Crippen molar-refractivity contribution < 1.29 is 9.13 Å². The lowest BCUT2D eigenvalue weighted by molar-refractivity contribution is 0.311. The van der Waals surface area contributed by atoms with Gasteiger partial charge in [0.1, 0.15) is 12.4 Å². The summed E-state index contributed by atoms with van der Waals surface area (Å²) in [5.41, 5.74) is 6.03. The normalized spacial score (nSPS) is 12.9. The number of halogens is 1. The van der Waals surface area contributed by atoms with E-state index in [9.17, 15) is 4.39 Å². The van der Waals surface area contributed by atoms with Gasteiger partial charge in [0, 0.05) is 29.3 Å². The maximum absolute atomic E-state index is 13.8. The van der Waals surface area contributed by atoms with E-state index in [4.69, 9.17) is 9.72 Å². The van der Waals surface area contributed by atoms with Gasteiger partial charge < -0.3 is 10.1 Å². The zero-order valence-corrected chi connectivity index (χ0v) is 15.4. The van der Waals surface area contributed by atoms with Gasteiger partial charge in [-0.3, -0.25) is 4.98 Å². The van der Waals surface area contributed by atoms with Crippen LogP contribution < -0.4 is 10.1 Å². The van der Waals surface area contributed by atoms with Crippen LogP contribution in [0.25, 0.3) is 33.3 Å². The summed E-state index contributed by atoms with van der Waals surface area (Å²) in [6.07, 6.45) is 1.79. The summed E-state index contributed by atoms with van der Waals surface area (Å²) in [6, 6.07) is 17.3. The highest BCUT2D eigenvalue weighted by atomic mass is 19.1. The van der Waals surface area contributed by atoms with E-state index in [1.165, 1.54) is 6.07 Å². The maximum Gasteiger partial charge on any atom is 0.238 e. The Morgan fingerprint density at radius 1 is 1.04 bits per heavy atom. The molecule has 3 heterocycles. The van der Waals surface area contributed by atoms with Crippen molar-refractivity contribution in [3.8, 4) is 28.3 Å². The molecule has 0 atom stereocenters. The molecule has 0 saturated carbocycles. The Bertz CT molecular complexity index is 1210. The third kappa shape index (κ3) is 2.85. The van der Waals surface area contributed by atoms with Crippen LogP contribution in [0.5, 0.6) is 5.88 Å². The molecule has 1 aliphatic heterocycles. The molecule has 1 N–H and O–H groups in total. The molecule has 1 aliphatic rings. The van der Waals surface area contributed by atoms with E-state index >= 15 is 0 Å². The van der Waals surface area contributed by atoms with Crippen molar-refractivity contribution in [1.29, 1.82) is 0 Å². The number of nitrogens with zero attached hydrogens (tertiary/aromatic N) is 2. The first-order chi connectivity index (χ1) is 13.7. The number of fused-ring (bicyclic) bond motifs is 2. The van der Waals surface area contributed by atoms with Gasteiger partial charge in [0.2, 0.25) is 5.88 Å². The fraction of sp³-hybridized carbons (Fsp3) is 0.130. The molecule has 0 bridgehead atoms. The number of hydrogen-bond donors (Lipinski definition) is 1. The third-order valence-electron chi connectivity index (χ3n) is 4.99. The van der Waals surface area contributed by atoms with E-state index in [0.717, 1.165) is 45.5 Å². The Hall–Kier alpha value is -3.47. The Kier molecular flexibility index (Phi) is 3.93. The molecule has 0 radical (unpaired) electrons. The number of rotatable bonds is 2. The lowest BCUT2D eigenvalue weighted by Crippen LogP contribution is -2.19. The summed E-state index contributed by atoms with van der Waals surface area (Å²) in [7, 11) is 0. The van der Waals surface area contributed by atoms with Crippen LogP contribution >= 0.6 is 0 Å². The summed E-state index contributed by atoms with van der Waals surface area (Å²) in [5.74, 6) is 0.354. The molecule has 0 amide bonds. The van der Waals surface area contributed by atoms with Crippen molar-refractivity contribution in [1.82, 2.24) is 9.97 Å². The highest BCUT2D eigenvalue weighted by molar-refractivity contribution is 5.90. The number of anilines is 1. The molecule has 2 aromatic heterocycles. The Balaban J connectivity index is 1.75. The van der Waals surface area contributed by atoms with Crippen molar-refractivity contribution in [2.45, 2.75) is 6.92 Å². The minimum atomic E-state index is -0.224. The van der Waals surface area contributed by atoms with Gasteiger partial charge in [-0.15, -0.1) is 0 Å². The van der Waals surface area contributed by atoms with Gasteiger partial charge in [-0.1, -0.05) is 12.1 Å². The molecule has 0 saturated heterocycles. The smallest absolute Gasteiger partial charge is 0.238 e. The third-order valence-corrected chi connectivity index (χ3v) is 4.99. The van der Waals surface area contributed by atoms with Crippen molar-refractivity contribution in [3.05, 3.63) is 72.2 Å². The Labute approximate surface area is 162 Å². The predicted molar refractivity (Wildman–Crippen MR) is 109 cm³/mol. The first-order valence-corrected chi connectivity index (χ1v) is 9.22. The zero-order valence-electron chi connectivity index (χ0n) is 15.4. The van der Waals surface area contributed by atoms with Gasteiger partial charge in [0.25, 0.3) is 0 Å². The average Bonchev–Trinajstić information content (AvgIpc) is 2.74. The van der Waals surface area contributed by atoms with Crippen molar-refractivity contribution >= 4 is 16.6 Å². The van der Waals surface area contributed by atoms with Crippen LogP contribution in [0.15, 0.2) is 60.8 Å². The van der Waals surface area contributed by atoms with Crippen LogP contribution in [0.4, 0.5) is 10.1 Å². The highest BCUT2D eigenvalue weighted by Gasteiger charge is 2.19. The van der Waals surface area contributed by atoms with Gasteiger partial charge >= 0.3 is 0 Å². The fourth-order valence-corrected chi connectivity index (χ4v) is 3.54. The van der Waals surface area contributed by atoms with Crippen LogP contribution in [-0.4, -0.2) is 23.1 Å². The number of benzene rings is 2. The number of ether oxygens (including phenoxy) is 1. The molecule has 28 heavy (non-hydrogen) atoms. The minimum absolute atomic E-state index is 0.224. The lowest BCUT2D eigenvalue weighted by atomic mass is 9.96. The van der Waals surface area contributed by atoms with E-state index in [0.29, 0.717) is 18.1 Å².